The van der Waals surface area contributed by atoms with Crippen molar-refractivity contribution in [3.05, 3.63) is 22.2 Å². The lowest BCUT2D eigenvalue weighted by molar-refractivity contribution is 0.144. The monoisotopic (exact) mass is 284 g/mol. The average molecular weight is 285 g/mol. The van der Waals surface area contributed by atoms with E-state index in [0.717, 1.165) is 34.3 Å². The van der Waals surface area contributed by atoms with Crippen molar-refractivity contribution in [2.24, 2.45) is 0 Å². The molecule has 2 rings (SSSR count). The van der Waals surface area contributed by atoms with Crippen LogP contribution in [0.25, 0.3) is 0 Å². The number of aliphatic hydroxyl groups excluding tert-OH is 1. The Morgan fingerprint density at radius 1 is 1.50 bits per heavy atom. The normalized spacial score (nSPS) is 17.9. The summed E-state index contributed by atoms with van der Waals surface area (Å²) >= 11 is 3.49. The summed E-state index contributed by atoms with van der Waals surface area (Å²) in [5.41, 5.74) is 8.55. The van der Waals surface area contributed by atoms with E-state index in [1.54, 1.807) is 0 Å². The van der Waals surface area contributed by atoms with Gasteiger partial charge < -0.3 is 16.2 Å². The Bertz CT molecular complexity index is 397. The lowest BCUT2D eigenvalue weighted by Gasteiger charge is -2.42. The number of hydrogen-bond donors (Lipinski definition) is 3. The summed E-state index contributed by atoms with van der Waals surface area (Å²) in [7, 11) is 0. The van der Waals surface area contributed by atoms with E-state index in [0.29, 0.717) is 0 Å². The third kappa shape index (κ3) is 2.04. The van der Waals surface area contributed by atoms with E-state index in [-0.39, 0.29) is 12.1 Å². The molecule has 16 heavy (non-hydrogen) atoms. The second-order valence-corrected chi connectivity index (χ2v) is 5.46. The van der Waals surface area contributed by atoms with Gasteiger partial charge in [0.15, 0.2) is 0 Å². The van der Waals surface area contributed by atoms with E-state index in [2.05, 4.69) is 21.2 Å². The molecule has 3 nitrogen and oxygen atoms in total. The van der Waals surface area contributed by atoms with Gasteiger partial charge in [-0.25, -0.2) is 0 Å². The van der Waals surface area contributed by atoms with E-state index < -0.39 is 0 Å². The first-order chi connectivity index (χ1) is 7.56. The molecule has 0 unspecified atom stereocenters. The zero-order valence-electron chi connectivity index (χ0n) is 9.39. The summed E-state index contributed by atoms with van der Waals surface area (Å²) in [6.45, 7) is 2.17. The van der Waals surface area contributed by atoms with Crippen LogP contribution in [0.5, 0.6) is 0 Å². The third-order valence-electron chi connectivity index (χ3n) is 3.37. The number of nitrogens with two attached hydrogens (primary N) is 1. The van der Waals surface area contributed by atoms with Crippen LogP contribution in [0.3, 0.4) is 0 Å². The second-order valence-electron chi connectivity index (χ2n) is 4.61. The quantitative estimate of drug-likeness (QED) is 0.748. The van der Waals surface area contributed by atoms with Crippen molar-refractivity contribution < 1.29 is 5.11 Å². The maximum atomic E-state index is 9.41. The van der Waals surface area contributed by atoms with Crippen molar-refractivity contribution >= 4 is 27.3 Å². The predicted molar refractivity (Wildman–Crippen MR) is 70.6 cm³/mol. The van der Waals surface area contributed by atoms with Crippen LogP contribution >= 0.6 is 15.9 Å². The van der Waals surface area contributed by atoms with Gasteiger partial charge in [0, 0.05) is 15.8 Å². The fourth-order valence-electron chi connectivity index (χ4n) is 2.00. The van der Waals surface area contributed by atoms with E-state index in [4.69, 9.17) is 5.73 Å². The maximum absolute atomic E-state index is 9.41. The van der Waals surface area contributed by atoms with Crippen molar-refractivity contribution in [1.29, 1.82) is 0 Å². The molecule has 4 N–H and O–H groups in total. The van der Waals surface area contributed by atoms with Crippen molar-refractivity contribution in [3.63, 3.8) is 0 Å². The molecular weight excluding hydrogens is 268 g/mol. The van der Waals surface area contributed by atoms with Gasteiger partial charge in [-0.3, -0.25) is 0 Å². The van der Waals surface area contributed by atoms with Gasteiger partial charge in [-0.1, -0.05) is 0 Å². The molecule has 0 heterocycles. The minimum atomic E-state index is -0.120. The van der Waals surface area contributed by atoms with Gasteiger partial charge in [-0.15, -0.1) is 0 Å². The number of nitrogen functional groups attached to an aromatic ring is 1. The molecule has 0 spiro atoms. The molecule has 1 fully saturated rings. The average Bonchev–Trinajstić information content (AvgIpc) is 2.19. The van der Waals surface area contributed by atoms with Crippen molar-refractivity contribution in [2.45, 2.75) is 31.7 Å². The predicted octanol–water partition coefficient (Wildman–Crippen LogP) is 2.67. The third-order valence-corrected chi connectivity index (χ3v) is 4.02. The van der Waals surface area contributed by atoms with Crippen LogP contribution in [0.4, 0.5) is 11.4 Å². The molecule has 0 atom stereocenters. The number of hydrogen-bond acceptors (Lipinski definition) is 3. The van der Waals surface area contributed by atoms with Gasteiger partial charge >= 0.3 is 0 Å². The van der Waals surface area contributed by atoms with E-state index in [9.17, 15) is 5.11 Å². The van der Waals surface area contributed by atoms with Gasteiger partial charge in [0.1, 0.15) is 0 Å². The van der Waals surface area contributed by atoms with E-state index >= 15 is 0 Å². The number of halogens is 1. The first kappa shape index (κ1) is 11.7. The molecule has 4 heteroatoms. The van der Waals surface area contributed by atoms with Crippen LogP contribution in [0.1, 0.15) is 24.8 Å². The van der Waals surface area contributed by atoms with Gasteiger partial charge in [0.25, 0.3) is 0 Å². The minimum Gasteiger partial charge on any atom is -0.398 e. The first-order valence-corrected chi connectivity index (χ1v) is 6.30. The number of nitrogens with one attached hydrogen (secondary N) is 1. The van der Waals surface area contributed by atoms with E-state index in [1.165, 1.54) is 6.42 Å². The Labute approximate surface area is 104 Å². The number of aliphatic hydroxyl groups is 1. The number of benzene rings is 1. The molecule has 88 valence electrons. The standard InChI is InChI=1S/C12H17BrN2O/c1-8-5-11(9(13)6-10(8)14)15-12(7-16)3-2-4-12/h5-6,15-16H,2-4,7,14H2,1H3. The van der Waals surface area contributed by atoms with Crippen LogP contribution in [0, 0.1) is 6.92 Å². The molecule has 0 bridgehead atoms. The maximum Gasteiger partial charge on any atom is 0.0661 e. The summed E-state index contributed by atoms with van der Waals surface area (Å²) in [4.78, 5) is 0. The fraction of sp³-hybridized carbons (Fsp3) is 0.500. The Morgan fingerprint density at radius 2 is 2.19 bits per heavy atom. The highest BCUT2D eigenvalue weighted by Gasteiger charge is 2.36. The zero-order chi connectivity index (χ0) is 11.8. The highest BCUT2D eigenvalue weighted by Crippen LogP contribution is 2.38. The lowest BCUT2D eigenvalue weighted by Crippen LogP contribution is -2.48. The minimum absolute atomic E-state index is 0.120. The number of aryl methyl sites for hydroxylation is 1. The summed E-state index contributed by atoms with van der Waals surface area (Å²) < 4.78 is 0.954. The first-order valence-electron chi connectivity index (χ1n) is 5.51. The van der Waals surface area contributed by atoms with Gasteiger partial charge in [-0.05, 0) is 59.8 Å². The highest BCUT2D eigenvalue weighted by molar-refractivity contribution is 9.10. The largest absolute Gasteiger partial charge is 0.398 e. The van der Waals surface area contributed by atoms with Crippen molar-refractivity contribution in [1.82, 2.24) is 0 Å². The van der Waals surface area contributed by atoms with Gasteiger partial charge in [-0.2, -0.15) is 0 Å². The highest BCUT2D eigenvalue weighted by atomic mass is 79.9. The van der Waals surface area contributed by atoms with Crippen LogP contribution in [-0.4, -0.2) is 17.3 Å². The molecule has 0 aliphatic heterocycles. The second kappa shape index (κ2) is 4.26. The molecule has 0 radical (unpaired) electrons. The number of anilines is 2. The molecule has 1 aromatic rings. The SMILES string of the molecule is Cc1cc(NC2(CO)CCC2)c(Br)cc1N. The molecule has 0 saturated heterocycles. The summed E-state index contributed by atoms with van der Waals surface area (Å²) in [6, 6.07) is 3.93. The molecular formula is C12H17BrN2O. The Hall–Kier alpha value is -0.740. The van der Waals surface area contributed by atoms with Crippen LogP contribution in [0.15, 0.2) is 16.6 Å². The summed E-state index contributed by atoms with van der Waals surface area (Å²) in [5, 5.41) is 12.8. The molecule has 0 aromatic heterocycles. The van der Waals surface area contributed by atoms with Crippen molar-refractivity contribution in [2.75, 3.05) is 17.7 Å². The molecule has 0 amide bonds. The summed E-state index contributed by atoms with van der Waals surface area (Å²) in [6.07, 6.45) is 3.23. The van der Waals surface area contributed by atoms with Gasteiger partial charge in [0.2, 0.25) is 0 Å². The molecule has 1 aliphatic carbocycles. The lowest BCUT2D eigenvalue weighted by atomic mass is 9.77. The van der Waals surface area contributed by atoms with Crippen LogP contribution in [-0.2, 0) is 0 Å². The van der Waals surface area contributed by atoms with Crippen molar-refractivity contribution in [3.8, 4) is 0 Å². The number of rotatable bonds is 3. The molecule has 1 saturated carbocycles. The topological polar surface area (TPSA) is 58.3 Å². The van der Waals surface area contributed by atoms with E-state index in [1.807, 2.05) is 19.1 Å². The Kier molecular flexibility index (Phi) is 3.13. The summed E-state index contributed by atoms with van der Waals surface area (Å²) in [5.74, 6) is 0. The molecule has 1 aromatic carbocycles. The zero-order valence-corrected chi connectivity index (χ0v) is 11.0. The molecule has 1 aliphatic rings. The Balaban J connectivity index is 2.24. The fourth-order valence-corrected chi connectivity index (χ4v) is 2.46. The van der Waals surface area contributed by atoms with Crippen LogP contribution in [0.2, 0.25) is 0 Å². The Morgan fingerprint density at radius 3 is 2.69 bits per heavy atom. The van der Waals surface area contributed by atoms with Gasteiger partial charge in [0.05, 0.1) is 12.1 Å². The smallest absolute Gasteiger partial charge is 0.0661 e. The van der Waals surface area contributed by atoms with Crippen LogP contribution < -0.4 is 11.1 Å².